The van der Waals surface area contributed by atoms with Crippen LogP contribution in [0.1, 0.15) is 37.8 Å². The Labute approximate surface area is 301 Å². The minimum Gasteiger partial charge on any atom is -0.462 e. The van der Waals surface area contributed by atoms with E-state index in [9.17, 15) is 55.1 Å². The highest BCUT2D eigenvalue weighted by atomic mass is 19.4. The van der Waals surface area contributed by atoms with Crippen LogP contribution in [0.15, 0.2) is 60.7 Å². The molecule has 0 radical (unpaired) electrons. The normalized spacial score (nSPS) is 31.9. The van der Waals surface area contributed by atoms with Crippen molar-refractivity contribution >= 4 is 46.8 Å². The SMILES string of the molecule is CC(=O)COC12CCC(O1)[C@@H]1C(=O)N(c3cccc(C(F)(F)F)c3)C(=O)[C@@H]12.CC(=O)OCC12C=CC(O1)[C@H]1C(=O)N(c3cccc(C(F)(F)F)c3)C(=O)[C@H]12. The molecule has 2 aromatic carbocycles. The summed E-state index contributed by atoms with van der Waals surface area (Å²) in [5, 5.41) is 0. The molecule has 2 aromatic rings. The van der Waals surface area contributed by atoms with Gasteiger partial charge in [0.15, 0.2) is 11.6 Å². The molecule has 4 amide bonds. The van der Waals surface area contributed by atoms with Crippen LogP contribution in [0.3, 0.4) is 0 Å². The van der Waals surface area contributed by atoms with Gasteiger partial charge in [0.1, 0.15) is 24.7 Å². The molecule has 6 aliphatic heterocycles. The zero-order valence-electron chi connectivity index (χ0n) is 28.3. The number of Topliss-reactive ketones (excluding diaryl/α,β-unsaturated/α-hetero) is 1. The number of anilines is 2. The summed E-state index contributed by atoms with van der Waals surface area (Å²) in [6, 6.07) is 8.16. The van der Waals surface area contributed by atoms with Crippen LogP contribution in [0, 0.1) is 23.7 Å². The van der Waals surface area contributed by atoms with Gasteiger partial charge in [0.2, 0.25) is 23.6 Å². The number of ether oxygens (including phenoxy) is 4. The van der Waals surface area contributed by atoms with Crippen molar-refractivity contribution in [2.75, 3.05) is 23.0 Å². The van der Waals surface area contributed by atoms with Gasteiger partial charge in [-0.25, -0.2) is 9.80 Å². The van der Waals surface area contributed by atoms with Gasteiger partial charge in [0.25, 0.3) is 0 Å². The third-order valence-electron chi connectivity index (χ3n) is 10.4. The van der Waals surface area contributed by atoms with E-state index in [-0.39, 0.29) is 30.4 Å². The van der Waals surface area contributed by atoms with Crippen LogP contribution in [-0.4, -0.2) is 72.2 Å². The Bertz CT molecular complexity index is 1940. The predicted octanol–water partition coefficient (Wildman–Crippen LogP) is 4.39. The number of esters is 1. The number of ketones is 1. The van der Waals surface area contributed by atoms with E-state index < -0.39 is 100 Å². The first-order valence-electron chi connectivity index (χ1n) is 16.7. The van der Waals surface area contributed by atoms with Crippen LogP contribution >= 0.6 is 0 Å². The second-order valence-corrected chi connectivity index (χ2v) is 13.8. The fourth-order valence-corrected chi connectivity index (χ4v) is 8.18. The molecule has 8 rings (SSSR count). The van der Waals surface area contributed by atoms with Gasteiger partial charge in [0, 0.05) is 13.3 Å². The molecule has 5 saturated heterocycles. The number of nitrogens with zero attached hydrogens (tertiary/aromatic N) is 2. The minimum atomic E-state index is -4.60. The topological polar surface area (TPSA) is 146 Å². The van der Waals surface area contributed by atoms with Gasteiger partial charge in [-0.2, -0.15) is 26.3 Å². The Morgan fingerprint density at radius 2 is 1.35 bits per heavy atom. The lowest BCUT2D eigenvalue weighted by atomic mass is 9.77. The number of halogens is 6. The number of benzene rings is 2. The number of carbonyl (C=O) groups excluding carboxylic acids is 6. The molecule has 4 bridgehead atoms. The zero-order valence-corrected chi connectivity index (χ0v) is 28.3. The number of rotatable bonds is 7. The first kappa shape index (κ1) is 37.4. The van der Waals surface area contributed by atoms with Crippen LogP contribution < -0.4 is 9.80 Å². The molecule has 18 heteroatoms. The molecular formula is C36H30F6N2O10. The Morgan fingerprint density at radius 3 is 1.89 bits per heavy atom. The molecule has 0 aliphatic carbocycles. The maximum Gasteiger partial charge on any atom is 0.416 e. The first-order chi connectivity index (χ1) is 25.3. The molecule has 5 fully saturated rings. The van der Waals surface area contributed by atoms with Crippen molar-refractivity contribution in [2.45, 2.75) is 62.6 Å². The van der Waals surface area contributed by atoms with E-state index in [1.807, 2.05) is 0 Å². The monoisotopic (exact) mass is 764 g/mol. The average molecular weight is 765 g/mol. The lowest BCUT2D eigenvalue weighted by Crippen LogP contribution is -2.44. The maximum absolute atomic E-state index is 13.0. The number of hydrogen-bond acceptors (Lipinski definition) is 10. The second-order valence-electron chi connectivity index (χ2n) is 13.8. The molecule has 6 aliphatic rings. The Hall–Kier alpha value is -4.94. The van der Waals surface area contributed by atoms with Crippen LogP contribution in [0.25, 0.3) is 0 Å². The summed E-state index contributed by atoms with van der Waals surface area (Å²) in [6.07, 6.45) is -6.39. The first-order valence-corrected chi connectivity index (χ1v) is 16.7. The van der Waals surface area contributed by atoms with Gasteiger partial charge in [-0.15, -0.1) is 0 Å². The van der Waals surface area contributed by atoms with E-state index in [1.165, 1.54) is 26.0 Å². The maximum atomic E-state index is 13.0. The molecule has 0 spiro atoms. The van der Waals surface area contributed by atoms with Crippen LogP contribution in [0.2, 0.25) is 0 Å². The van der Waals surface area contributed by atoms with Crippen molar-refractivity contribution in [3.63, 3.8) is 0 Å². The molecule has 0 saturated carbocycles. The number of carbonyl (C=O) groups is 6. The number of imide groups is 2. The van der Waals surface area contributed by atoms with E-state index in [2.05, 4.69) is 0 Å². The number of amides is 4. The summed E-state index contributed by atoms with van der Waals surface area (Å²) in [4.78, 5) is 75.6. The molecule has 6 heterocycles. The highest BCUT2D eigenvalue weighted by molar-refractivity contribution is 6.24. The highest BCUT2D eigenvalue weighted by Crippen LogP contribution is 2.57. The number of fused-ring (bicyclic) bond motifs is 10. The van der Waals surface area contributed by atoms with E-state index >= 15 is 0 Å². The van der Waals surface area contributed by atoms with Crippen molar-refractivity contribution in [3.8, 4) is 0 Å². The molecule has 4 unspecified atom stereocenters. The van der Waals surface area contributed by atoms with Crippen molar-refractivity contribution < 1.29 is 74.1 Å². The highest BCUT2D eigenvalue weighted by Gasteiger charge is 2.71. The quantitative estimate of drug-likeness (QED) is 0.172. The Balaban J connectivity index is 0.000000167. The van der Waals surface area contributed by atoms with Gasteiger partial charge < -0.3 is 18.9 Å². The molecule has 12 nitrogen and oxygen atoms in total. The summed E-state index contributed by atoms with van der Waals surface area (Å²) in [5.74, 6) is -8.31. The number of alkyl halides is 6. The summed E-state index contributed by atoms with van der Waals surface area (Å²) >= 11 is 0. The second kappa shape index (κ2) is 12.8. The number of hydrogen-bond donors (Lipinski definition) is 0. The van der Waals surface area contributed by atoms with Crippen molar-refractivity contribution in [2.24, 2.45) is 23.7 Å². The molecule has 0 aromatic heterocycles. The third-order valence-corrected chi connectivity index (χ3v) is 10.4. The summed E-state index contributed by atoms with van der Waals surface area (Å²) in [5.41, 5.74) is -3.44. The largest absolute Gasteiger partial charge is 0.462 e. The molecule has 8 atom stereocenters. The minimum absolute atomic E-state index is 0.129. The van der Waals surface area contributed by atoms with Crippen LogP contribution in [0.4, 0.5) is 37.7 Å². The lowest BCUT2D eigenvalue weighted by Gasteiger charge is -2.30. The lowest BCUT2D eigenvalue weighted by molar-refractivity contribution is -0.216. The van der Waals surface area contributed by atoms with Crippen LogP contribution in [-0.2, 0) is 60.1 Å². The van der Waals surface area contributed by atoms with E-state index in [4.69, 9.17) is 18.9 Å². The van der Waals surface area contributed by atoms with Crippen molar-refractivity contribution in [1.82, 2.24) is 0 Å². The fourth-order valence-electron chi connectivity index (χ4n) is 8.18. The van der Waals surface area contributed by atoms with Gasteiger partial charge in [-0.1, -0.05) is 18.2 Å². The third kappa shape index (κ3) is 5.99. The van der Waals surface area contributed by atoms with Gasteiger partial charge in [0.05, 0.1) is 52.5 Å². The Morgan fingerprint density at radius 1 is 0.796 bits per heavy atom. The molecule has 54 heavy (non-hydrogen) atoms. The summed E-state index contributed by atoms with van der Waals surface area (Å²) < 4.78 is 100. The fraction of sp³-hybridized carbons (Fsp3) is 0.444. The standard InChI is InChI=1S/C18H14F3NO5.C18H16F3NO5/c1-9(23)26-8-17-6-5-12(27-17)13-14(17)16(25)22(15(13)24)11-4-2-3-10(7-11)18(19,20)21;1-9(23)8-26-17-6-5-12(27-17)13-14(17)16(25)22(15(13)24)11-4-2-3-10(7-11)18(19,20)21/h2-7,12-14H,8H2,1H3;2-4,7,12-14H,5-6,8H2,1H3/t2*12?,13-,14+,17?/m10/s1. The Kier molecular flexibility index (Phi) is 8.89. The van der Waals surface area contributed by atoms with E-state index in [0.29, 0.717) is 12.8 Å². The van der Waals surface area contributed by atoms with Gasteiger partial charge >= 0.3 is 18.3 Å². The average Bonchev–Trinajstić information content (AvgIpc) is 3.94. The van der Waals surface area contributed by atoms with Gasteiger partial charge in [-0.3, -0.25) is 28.8 Å². The van der Waals surface area contributed by atoms with Crippen molar-refractivity contribution in [1.29, 1.82) is 0 Å². The summed E-state index contributed by atoms with van der Waals surface area (Å²) in [7, 11) is 0. The van der Waals surface area contributed by atoms with E-state index in [1.54, 1.807) is 12.2 Å². The predicted molar refractivity (Wildman–Crippen MR) is 169 cm³/mol. The van der Waals surface area contributed by atoms with Gasteiger partial charge in [-0.05, 0) is 55.8 Å². The van der Waals surface area contributed by atoms with E-state index in [0.717, 1.165) is 46.2 Å². The molecule has 0 N–H and O–H groups in total. The smallest absolute Gasteiger partial charge is 0.416 e. The van der Waals surface area contributed by atoms with Crippen LogP contribution in [0.5, 0.6) is 0 Å². The zero-order chi connectivity index (χ0) is 39.1. The summed E-state index contributed by atoms with van der Waals surface area (Å²) in [6.45, 7) is 2.02. The van der Waals surface area contributed by atoms with Crippen molar-refractivity contribution in [3.05, 3.63) is 71.8 Å². The molecule has 286 valence electrons. The molecular weight excluding hydrogens is 734 g/mol.